The summed E-state index contributed by atoms with van der Waals surface area (Å²) in [5.41, 5.74) is 0.272. The van der Waals surface area contributed by atoms with Crippen molar-refractivity contribution in [3.63, 3.8) is 0 Å². The minimum Gasteiger partial charge on any atom is -0.373 e. The molecule has 1 N–H and O–H groups in total. The number of alkyl halides is 3. The molecule has 0 unspecified atom stereocenters. The van der Waals surface area contributed by atoms with E-state index in [1.807, 2.05) is 0 Å². The first-order valence-corrected chi connectivity index (χ1v) is 4.84. The van der Waals surface area contributed by atoms with Crippen molar-refractivity contribution in [3.8, 4) is 0 Å². The molecule has 1 atom stereocenters. The van der Waals surface area contributed by atoms with Gasteiger partial charge < -0.3 is 10.1 Å². The van der Waals surface area contributed by atoms with Crippen molar-refractivity contribution in [1.82, 2.24) is 10.3 Å². The first-order chi connectivity index (χ1) is 7.52. The highest BCUT2D eigenvalue weighted by Gasteiger charge is 2.34. The summed E-state index contributed by atoms with van der Waals surface area (Å²) in [7, 11) is 1.74. The van der Waals surface area contributed by atoms with E-state index in [1.165, 1.54) is 6.07 Å². The second kappa shape index (κ2) is 4.03. The Kier molecular flexibility index (Phi) is 2.86. The van der Waals surface area contributed by atoms with Gasteiger partial charge in [-0.15, -0.1) is 0 Å². The van der Waals surface area contributed by atoms with E-state index in [9.17, 15) is 13.2 Å². The Morgan fingerprint density at radius 2 is 2.19 bits per heavy atom. The molecule has 0 spiro atoms. The summed E-state index contributed by atoms with van der Waals surface area (Å²) in [5.74, 6) is 0. The van der Waals surface area contributed by atoms with Crippen LogP contribution < -0.4 is 5.32 Å². The van der Waals surface area contributed by atoms with E-state index in [0.717, 1.165) is 11.6 Å². The van der Waals surface area contributed by atoms with Gasteiger partial charge in [-0.3, -0.25) is 0 Å². The molecule has 1 aliphatic rings. The van der Waals surface area contributed by atoms with Crippen LogP contribution in [0.1, 0.15) is 23.0 Å². The van der Waals surface area contributed by atoms with Crippen LogP contribution in [0.4, 0.5) is 13.2 Å². The van der Waals surface area contributed by atoms with Crippen molar-refractivity contribution in [2.45, 2.75) is 18.8 Å². The molecule has 0 aliphatic carbocycles. The molecule has 0 radical (unpaired) electrons. The molecule has 1 aliphatic heterocycles. The summed E-state index contributed by atoms with van der Waals surface area (Å²) in [6, 6.07) is 2.39. The summed E-state index contributed by atoms with van der Waals surface area (Å²) in [5, 5.41) is 2.97. The number of fused-ring (bicyclic) bond motifs is 1. The van der Waals surface area contributed by atoms with Crippen molar-refractivity contribution >= 4 is 0 Å². The van der Waals surface area contributed by atoms with Gasteiger partial charge in [0.1, 0.15) is 5.69 Å². The molecule has 88 valence electrons. The normalized spacial score (nSPS) is 20.6. The Morgan fingerprint density at radius 1 is 1.44 bits per heavy atom. The minimum absolute atomic E-state index is 0.0847. The highest BCUT2D eigenvalue weighted by atomic mass is 19.4. The van der Waals surface area contributed by atoms with Crippen molar-refractivity contribution in [2.75, 3.05) is 13.7 Å². The zero-order chi connectivity index (χ0) is 11.8. The smallest absolute Gasteiger partial charge is 0.373 e. The van der Waals surface area contributed by atoms with Crippen LogP contribution >= 0.6 is 0 Å². The first kappa shape index (κ1) is 11.3. The van der Waals surface area contributed by atoms with E-state index in [4.69, 9.17) is 4.74 Å². The van der Waals surface area contributed by atoms with Gasteiger partial charge in [0.05, 0.1) is 24.9 Å². The summed E-state index contributed by atoms with van der Waals surface area (Å²) in [6.07, 6.45) is -4.40. The quantitative estimate of drug-likeness (QED) is 0.802. The number of pyridine rings is 1. The maximum atomic E-state index is 12.4. The maximum Gasteiger partial charge on any atom is 0.433 e. The largest absolute Gasteiger partial charge is 0.433 e. The molecule has 2 rings (SSSR count). The van der Waals surface area contributed by atoms with Gasteiger partial charge in [-0.2, -0.15) is 13.2 Å². The number of nitrogens with one attached hydrogen (secondary N) is 1. The van der Waals surface area contributed by atoms with Crippen LogP contribution in [-0.4, -0.2) is 18.6 Å². The Bertz CT molecular complexity index is 392. The average molecular weight is 232 g/mol. The van der Waals surface area contributed by atoms with E-state index in [0.29, 0.717) is 12.3 Å². The summed E-state index contributed by atoms with van der Waals surface area (Å²) in [4.78, 5) is 3.59. The standard InChI is InChI=1S/C10H11F3N2O/c1-14-7-4-16-5-8-6(7)2-3-9(15-8)10(11,12)13/h2-3,7,14H,4-5H2,1H3/t7-/m1/s1. The molecule has 0 amide bonds. The molecule has 0 saturated heterocycles. The topological polar surface area (TPSA) is 34.1 Å². The van der Waals surface area contributed by atoms with Crippen LogP contribution in [0.2, 0.25) is 0 Å². The van der Waals surface area contributed by atoms with Crippen molar-refractivity contribution in [3.05, 3.63) is 29.1 Å². The monoisotopic (exact) mass is 232 g/mol. The van der Waals surface area contributed by atoms with Gasteiger partial charge in [0.2, 0.25) is 0 Å². The van der Waals surface area contributed by atoms with Crippen LogP contribution in [-0.2, 0) is 17.5 Å². The van der Waals surface area contributed by atoms with E-state index in [1.54, 1.807) is 7.05 Å². The SMILES string of the molecule is CN[C@@H]1COCc2nc(C(F)(F)F)ccc21. The van der Waals surface area contributed by atoms with Crippen LogP contribution in [0, 0.1) is 0 Å². The minimum atomic E-state index is -4.40. The Morgan fingerprint density at radius 3 is 2.81 bits per heavy atom. The Balaban J connectivity index is 2.39. The van der Waals surface area contributed by atoms with Gasteiger partial charge in [0.25, 0.3) is 0 Å². The fraction of sp³-hybridized carbons (Fsp3) is 0.500. The Hall–Kier alpha value is -1.14. The number of hydrogen-bond donors (Lipinski definition) is 1. The molecule has 3 nitrogen and oxygen atoms in total. The van der Waals surface area contributed by atoms with Gasteiger partial charge in [0.15, 0.2) is 0 Å². The Labute approximate surface area is 90.6 Å². The maximum absolute atomic E-state index is 12.4. The number of hydrogen-bond acceptors (Lipinski definition) is 3. The second-order valence-corrected chi connectivity index (χ2v) is 3.59. The first-order valence-electron chi connectivity index (χ1n) is 4.84. The zero-order valence-electron chi connectivity index (χ0n) is 8.64. The van der Waals surface area contributed by atoms with Crippen LogP contribution in [0.5, 0.6) is 0 Å². The lowest BCUT2D eigenvalue weighted by Gasteiger charge is -2.25. The van der Waals surface area contributed by atoms with E-state index in [2.05, 4.69) is 10.3 Å². The molecule has 0 bridgehead atoms. The van der Waals surface area contributed by atoms with Crippen LogP contribution in [0.15, 0.2) is 12.1 Å². The fourth-order valence-corrected chi connectivity index (χ4v) is 1.70. The lowest BCUT2D eigenvalue weighted by Crippen LogP contribution is -2.28. The predicted octanol–water partition coefficient (Wildman–Crippen LogP) is 1.89. The average Bonchev–Trinajstić information content (AvgIpc) is 2.26. The number of halogens is 3. The highest BCUT2D eigenvalue weighted by Crippen LogP contribution is 2.31. The lowest BCUT2D eigenvalue weighted by molar-refractivity contribution is -0.141. The van der Waals surface area contributed by atoms with Crippen molar-refractivity contribution in [2.24, 2.45) is 0 Å². The molecule has 0 saturated carbocycles. The molecule has 6 heteroatoms. The van der Waals surface area contributed by atoms with Crippen LogP contribution in [0.25, 0.3) is 0 Å². The van der Waals surface area contributed by atoms with E-state index < -0.39 is 11.9 Å². The number of likely N-dealkylation sites (N-methyl/N-ethyl adjacent to an activating group) is 1. The fourth-order valence-electron chi connectivity index (χ4n) is 1.70. The molecule has 16 heavy (non-hydrogen) atoms. The van der Waals surface area contributed by atoms with Gasteiger partial charge in [-0.25, -0.2) is 4.98 Å². The number of rotatable bonds is 1. The molecule has 1 aromatic heterocycles. The summed E-state index contributed by atoms with van der Waals surface area (Å²) < 4.78 is 42.4. The third kappa shape index (κ3) is 2.03. The third-order valence-electron chi connectivity index (χ3n) is 2.55. The molecule has 0 fully saturated rings. The van der Waals surface area contributed by atoms with Crippen molar-refractivity contribution in [1.29, 1.82) is 0 Å². The molecule has 1 aromatic rings. The molecular formula is C10H11F3N2O. The second-order valence-electron chi connectivity index (χ2n) is 3.59. The predicted molar refractivity (Wildman–Crippen MR) is 50.7 cm³/mol. The number of nitrogens with zero attached hydrogens (tertiary/aromatic N) is 1. The molecule has 2 heterocycles. The molecule has 0 aromatic carbocycles. The van der Waals surface area contributed by atoms with Gasteiger partial charge >= 0.3 is 6.18 Å². The third-order valence-corrected chi connectivity index (χ3v) is 2.55. The summed E-state index contributed by atoms with van der Waals surface area (Å²) in [6.45, 7) is 0.591. The summed E-state index contributed by atoms with van der Waals surface area (Å²) >= 11 is 0. The van der Waals surface area contributed by atoms with Crippen molar-refractivity contribution < 1.29 is 17.9 Å². The van der Waals surface area contributed by atoms with Gasteiger partial charge in [0, 0.05) is 0 Å². The van der Waals surface area contributed by atoms with Gasteiger partial charge in [-0.05, 0) is 18.7 Å². The number of ether oxygens (including phenoxy) is 1. The highest BCUT2D eigenvalue weighted by molar-refractivity contribution is 5.28. The van der Waals surface area contributed by atoms with E-state index >= 15 is 0 Å². The lowest BCUT2D eigenvalue weighted by atomic mass is 10.0. The molecular weight excluding hydrogens is 221 g/mol. The van der Waals surface area contributed by atoms with E-state index in [-0.39, 0.29) is 12.6 Å². The number of aromatic nitrogens is 1. The van der Waals surface area contributed by atoms with Gasteiger partial charge in [-0.1, -0.05) is 6.07 Å². The van der Waals surface area contributed by atoms with Crippen LogP contribution in [0.3, 0.4) is 0 Å². The zero-order valence-corrected chi connectivity index (χ0v) is 8.64.